The molecule has 1 amide bonds. The van der Waals surface area contributed by atoms with E-state index in [2.05, 4.69) is 5.10 Å². The Bertz CT molecular complexity index is 431. The van der Waals surface area contributed by atoms with Crippen LogP contribution in [0.15, 0.2) is 12.4 Å². The Morgan fingerprint density at radius 2 is 2.44 bits per heavy atom. The van der Waals surface area contributed by atoms with Gasteiger partial charge in [0, 0.05) is 19.2 Å². The molecule has 1 saturated heterocycles. The predicted molar refractivity (Wildman–Crippen MR) is 56.5 cm³/mol. The summed E-state index contributed by atoms with van der Waals surface area (Å²) < 4.78 is 1.27. The summed E-state index contributed by atoms with van der Waals surface area (Å²) in [6, 6.07) is 0. The Hall–Kier alpha value is -1.56. The molecule has 0 aromatic carbocycles. The van der Waals surface area contributed by atoms with Gasteiger partial charge in [-0.25, -0.2) is 0 Å². The van der Waals surface area contributed by atoms with E-state index in [4.69, 9.17) is 16.7 Å². The maximum absolute atomic E-state index is 11.5. The minimum Gasteiger partial charge on any atom is -0.480 e. The van der Waals surface area contributed by atoms with Crippen molar-refractivity contribution in [3.8, 4) is 0 Å². The summed E-state index contributed by atoms with van der Waals surface area (Å²) in [4.78, 5) is 23.5. The van der Waals surface area contributed by atoms with Gasteiger partial charge in [-0.3, -0.25) is 14.3 Å². The van der Waals surface area contributed by atoms with E-state index in [9.17, 15) is 9.59 Å². The van der Waals surface area contributed by atoms with E-state index < -0.39 is 5.97 Å². The van der Waals surface area contributed by atoms with Crippen molar-refractivity contribution in [2.24, 2.45) is 0 Å². The van der Waals surface area contributed by atoms with Crippen LogP contribution in [0.3, 0.4) is 0 Å². The van der Waals surface area contributed by atoms with Crippen molar-refractivity contribution in [3.05, 3.63) is 12.4 Å². The van der Waals surface area contributed by atoms with Gasteiger partial charge in [0.05, 0.1) is 17.3 Å². The first-order chi connectivity index (χ1) is 7.56. The van der Waals surface area contributed by atoms with Crippen LogP contribution in [0.5, 0.6) is 0 Å². The molecule has 0 radical (unpaired) electrons. The maximum Gasteiger partial charge on any atom is 0.325 e. The van der Waals surface area contributed by atoms with Crippen molar-refractivity contribution >= 4 is 29.2 Å². The number of alkyl halides is 1. The zero-order chi connectivity index (χ0) is 11.7. The monoisotopic (exact) mass is 243 g/mol. The third kappa shape index (κ3) is 2.16. The second-order valence-electron chi connectivity index (χ2n) is 3.60. The molecule has 1 N–H and O–H groups in total. The van der Waals surface area contributed by atoms with Gasteiger partial charge in [0.2, 0.25) is 5.91 Å². The molecule has 86 valence electrons. The molecule has 1 fully saturated rings. The Morgan fingerprint density at radius 3 is 3.00 bits per heavy atom. The lowest BCUT2D eigenvalue weighted by molar-refractivity contribution is -0.137. The first-order valence-corrected chi connectivity index (χ1v) is 5.18. The van der Waals surface area contributed by atoms with Crippen molar-refractivity contribution in [1.82, 2.24) is 9.78 Å². The minimum absolute atomic E-state index is 0.0603. The van der Waals surface area contributed by atoms with Gasteiger partial charge in [-0.15, -0.1) is 11.6 Å². The van der Waals surface area contributed by atoms with Crippen LogP contribution >= 0.6 is 11.6 Å². The van der Waals surface area contributed by atoms with E-state index in [1.807, 2.05) is 0 Å². The van der Waals surface area contributed by atoms with E-state index in [-0.39, 0.29) is 17.8 Å². The maximum atomic E-state index is 11.5. The van der Waals surface area contributed by atoms with Gasteiger partial charge in [0.1, 0.15) is 6.54 Å². The van der Waals surface area contributed by atoms with Crippen LogP contribution in [0.2, 0.25) is 0 Å². The van der Waals surface area contributed by atoms with Gasteiger partial charge in [0.15, 0.2) is 0 Å². The van der Waals surface area contributed by atoms with Crippen LogP contribution in [0.1, 0.15) is 6.42 Å². The molecule has 7 heteroatoms. The highest BCUT2D eigenvalue weighted by Gasteiger charge is 2.29. The molecule has 1 aliphatic heterocycles. The number of hydrogen-bond donors (Lipinski definition) is 1. The highest BCUT2D eigenvalue weighted by atomic mass is 35.5. The summed E-state index contributed by atoms with van der Waals surface area (Å²) in [5.41, 5.74) is 0.592. The normalized spacial score (nSPS) is 20.4. The smallest absolute Gasteiger partial charge is 0.325 e. The molecule has 1 unspecified atom stereocenters. The molecule has 0 bridgehead atoms. The van der Waals surface area contributed by atoms with Crippen LogP contribution in [-0.2, 0) is 16.1 Å². The molecule has 1 aliphatic rings. The van der Waals surface area contributed by atoms with Gasteiger partial charge in [-0.05, 0) is 0 Å². The molecular formula is C9H10ClN3O3. The molecule has 6 nitrogen and oxygen atoms in total. The average Bonchev–Trinajstić information content (AvgIpc) is 2.72. The highest BCUT2D eigenvalue weighted by molar-refractivity contribution is 6.24. The number of aliphatic carboxylic acids is 1. The van der Waals surface area contributed by atoms with E-state index in [0.717, 1.165) is 0 Å². The van der Waals surface area contributed by atoms with E-state index >= 15 is 0 Å². The predicted octanol–water partition coefficient (Wildman–Crippen LogP) is 0.312. The van der Waals surface area contributed by atoms with Gasteiger partial charge in [-0.2, -0.15) is 5.10 Å². The molecule has 16 heavy (non-hydrogen) atoms. The number of halogens is 1. The van der Waals surface area contributed by atoms with Crippen LogP contribution in [0.25, 0.3) is 0 Å². The SMILES string of the molecule is O=C(O)Cn1cc(N2CC(Cl)CC2=O)cn1. The number of aromatic nitrogens is 2. The molecule has 0 spiro atoms. The molecule has 1 aromatic rings. The van der Waals surface area contributed by atoms with E-state index in [1.165, 1.54) is 22.0 Å². The molecule has 1 aromatic heterocycles. The molecule has 0 saturated carbocycles. The van der Waals surface area contributed by atoms with Crippen LogP contribution in [0.4, 0.5) is 5.69 Å². The lowest BCUT2D eigenvalue weighted by Crippen LogP contribution is -2.24. The lowest BCUT2D eigenvalue weighted by Gasteiger charge is -2.12. The number of rotatable bonds is 3. The fourth-order valence-corrected chi connectivity index (χ4v) is 1.90. The van der Waals surface area contributed by atoms with Crippen molar-refractivity contribution in [2.75, 3.05) is 11.4 Å². The minimum atomic E-state index is -0.974. The topological polar surface area (TPSA) is 75.4 Å². The van der Waals surface area contributed by atoms with Crippen molar-refractivity contribution in [1.29, 1.82) is 0 Å². The number of carbonyl (C=O) groups is 2. The van der Waals surface area contributed by atoms with Crippen molar-refractivity contribution in [2.45, 2.75) is 18.3 Å². The van der Waals surface area contributed by atoms with Crippen LogP contribution in [0, 0.1) is 0 Å². The Labute approximate surface area is 96.4 Å². The van der Waals surface area contributed by atoms with Crippen molar-refractivity contribution in [3.63, 3.8) is 0 Å². The number of amides is 1. The van der Waals surface area contributed by atoms with E-state index in [1.54, 1.807) is 0 Å². The second-order valence-corrected chi connectivity index (χ2v) is 4.21. The standard InChI is InChI=1S/C9H10ClN3O3/c10-6-1-8(14)13(3-6)7-2-11-12(4-7)5-9(15)16/h2,4,6H,1,3,5H2,(H,15,16). The molecule has 0 aliphatic carbocycles. The summed E-state index contributed by atoms with van der Waals surface area (Å²) in [6.07, 6.45) is 3.31. The molecular weight excluding hydrogens is 234 g/mol. The van der Waals surface area contributed by atoms with Crippen molar-refractivity contribution < 1.29 is 14.7 Å². The van der Waals surface area contributed by atoms with E-state index in [0.29, 0.717) is 18.7 Å². The van der Waals surface area contributed by atoms with Gasteiger partial charge in [-0.1, -0.05) is 0 Å². The fraction of sp³-hybridized carbons (Fsp3) is 0.444. The lowest BCUT2D eigenvalue weighted by atomic mass is 10.4. The quantitative estimate of drug-likeness (QED) is 0.776. The third-order valence-electron chi connectivity index (χ3n) is 2.31. The number of anilines is 1. The van der Waals surface area contributed by atoms with Gasteiger partial charge < -0.3 is 10.0 Å². The number of carboxylic acid groups (broad SMARTS) is 1. The Morgan fingerprint density at radius 1 is 1.69 bits per heavy atom. The highest BCUT2D eigenvalue weighted by Crippen LogP contribution is 2.23. The summed E-state index contributed by atoms with van der Waals surface area (Å²) in [5, 5.41) is 12.2. The summed E-state index contributed by atoms with van der Waals surface area (Å²) in [6.45, 7) is 0.228. The third-order valence-corrected chi connectivity index (χ3v) is 2.60. The number of hydrogen-bond acceptors (Lipinski definition) is 3. The zero-order valence-electron chi connectivity index (χ0n) is 8.34. The Balaban J connectivity index is 2.13. The molecule has 1 atom stereocenters. The van der Waals surface area contributed by atoms with Gasteiger partial charge >= 0.3 is 5.97 Å². The summed E-state index contributed by atoms with van der Waals surface area (Å²) >= 11 is 5.86. The number of nitrogens with zero attached hydrogens (tertiary/aromatic N) is 3. The Kier molecular flexibility index (Phi) is 2.82. The summed E-state index contributed by atoms with van der Waals surface area (Å²) in [7, 11) is 0. The van der Waals surface area contributed by atoms with Crippen LogP contribution < -0.4 is 4.90 Å². The summed E-state index contributed by atoms with van der Waals surface area (Å²) in [5.74, 6) is -1.03. The first-order valence-electron chi connectivity index (χ1n) is 4.75. The largest absolute Gasteiger partial charge is 0.480 e. The second kappa shape index (κ2) is 4.13. The zero-order valence-corrected chi connectivity index (χ0v) is 9.09. The molecule has 2 heterocycles. The van der Waals surface area contributed by atoms with Gasteiger partial charge in [0.25, 0.3) is 0 Å². The number of carbonyl (C=O) groups excluding carboxylic acids is 1. The van der Waals surface area contributed by atoms with Crippen LogP contribution in [-0.4, -0.2) is 38.7 Å². The molecule has 2 rings (SSSR count). The average molecular weight is 244 g/mol. The first kappa shape index (κ1) is 10.9. The fourth-order valence-electron chi connectivity index (χ4n) is 1.63. The number of carboxylic acids is 1.